The van der Waals surface area contributed by atoms with Crippen LogP contribution in [0.3, 0.4) is 0 Å². The van der Waals surface area contributed by atoms with E-state index in [1.165, 1.54) is 13.2 Å². The maximum Gasteiger partial charge on any atom is 0.416 e. The second-order valence-electron chi connectivity index (χ2n) is 5.91. The molecule has 0 spiro atoms. The Morgan fingerprint density at radius 3 is 2.60 bits per heavy atom. The molecule has 11 heteroatoms. The number of aromatic nitrogens is 3. The smallest absolute Gasteiger partial charge is 0.416 e. The largest absolute Gasteiger partial charge is 0.495 e. The van der Waals surface area contributed by atoms with Crippen LogP contribution in [0.5, 0.6) is 5.75 Å². The number of nitrogen functional groups attached to an aromatic ring is 1. The molecule has 0 bridgehead atoms. The van der Waals surface area contributed by atoms with Gasteiger partial charge >= 0.3 is 12.1 Å². The fourth-order valence-electron chi connectivity index (χ4n) is 2.46. The van der Waals surface area contributed by atoms with Crippen LogP contribution in [-0.4, -0.2) is 28.0 Å². The Bertz CT molecular complexity index is 1060. The lowest BCUT2D eigenvalue weighted by Gasteiger charge is -2.11. The molecule has 0 atom stereocenters. The third-order valence-electron chi connectivity index (χ3n) is 3.81. The number of esters is 1. The number of ether oxygens (including phenoxy) is 2. The SMILES string of the molecule is COc1ccccc1Nc1nc(N)nc(COC(=O)c2cccc(C(F)(F)F)c2)n1. The molecule has 0 fully saturated rings. The van der Waals surface area contributed by atoms with Crippen LogP contribution in [0, 0.1) is 0 Å². The molecule has 30 heavy (non-hydrogen) atoms. The summed E-state index contributed by atoms with van der Waals surface area (Å²) in [5.74, 6) is -0.460. The standard InChI is InChI=1S/C19H16F3N5O3/c1-29-14-8-3-2-7-13(14)24-18-26-15(25-17(23)27-18)10-30-16(28)11-5-4-6-12(9-11)19(20,21)22/h2-9H,10H2,1H3,(H3,23,24,25,26,27). The molecular weight excluding hydrogens is 403 g/mol. The van der Waals surface area contributed by atoms with Gasteiger partial charge in [-0.3, -0.25) is 0 Å². The van der Waals surface area contributed by atoms with Crippen LogP contribution in [0.25, 0.3) is 0 Å². The van der Waals surface area contributed by atoms with E-state index < -0.39 is 24.3 Å². The molecule has 0 unspecified atom stereocenters. The first kappa shape index (κ1) is 20.8. The van der Waals surface area contributed by atoms with E-state index in [0.717, 1.165) is 12.1 Å². The van der Waals surface area contributed by atoms with Crippen molar-refractivity contribution in [2.75, 3.05) is 18.2 Å². The monoisotopic (exact) mass is 419 g/mol. The molecule has 0 aliphatic carbocycles. The molecule has 1 aromatic heterocycles. The number of para-hydroxylation sites is 2. The van der Waals surface area contributed by atoms with Gasteiger partial charge in [0.2, 0.25) is 11.9 Å². The van der Waals surface area contributed by atoms with Gasteiger partial charge in [-0.2, -0.15) is 28.1 Å². The van der Waals surface area contributed by atoms with Crippen LogP contribution in [0.2, 0.25) is 0 Å². The van der Waals surface area contributed by atoms with E-state index in [-0.39, 0.29) is 23.3 Å². The van der Waals surface area contributed by atoms with Crippen LogP contribution in [0.4, 0.5) is 30.8 Å². The van der Waals surface area contributed by atoms with Gasteiger partial charge in [0.1, 0.15) is 5.75 Å². The predicted octanol–water partition coefficient (Wildman–Crippen LogP) is 3.58. The zero-order chi connectivity index (χ0) is 21.7. The van der Waals surface area contributed by atoms with Crippen molar-refractivity contribution in [3.8, 4) is 5.75 Å². The van der Waals surface area contributed by atoms with Crippen LogP contribution >= 0.6 is 0 Å². The molecule has 0 radical (unpaired) electrons. The first-order valence-corrected chi connectivity index (χ1v) is 8.51. The van der Waals surface area contributed by atoms with Crippen molar-refractivity contribution < 1.29 is 27.4 Å². The van der Waals surface area contributed by atoms with Crippen LogP contribution < -0.4 is 15.8 Å². The zero-order valence-corrected chi connectivity index (χ0v) is 15.6. The maximum absolute atomic E-state index is 12.8. The minimum Gasteiger partial charge on any atom is -0.495 e. The van der Waals surface area contributed by atoms with Crippen molar-refractivity contribution in [2.24, 2.45) is 0 Å². The fourth-order valence-corrected chi connectivity index (χ4v) is 2.46. The molecule has 156 valence electrons. The molecule has 0 saturated carbocycles. The van der Waals surface area contributed by atoms with Gasteiger partial charge < -0.3 is 20.5 Å². The number of halogens is 3. The van der Waals surface area contributed by atoms with Gasteiger partial charge in [-0.05, 0) is 30.3 Å². The summed E-state index contributed by atoms with van der Waals surface area (Å²) in [6.07, 6.45) is -4.57. The average Bonchev–Trinajstić information content (AvgIpc) is 2.71. The quantitative estimate of drug-likeness (QED) is 0.583. The Labute approximate surface area is 168 Å². The van der Waals surface area contributed by atoms with Crippen LogP contribution in [0.1, 0.15) is 21.7 Å². The van der Waals surface area contributed by atoms with E-state index in [4.69, 9.17) is 15.2 Å². The number of benzene rings is 2. The highest BCUT2D eigenvalue weighted by atomic mass is 19.4. The summed E-state index contributed by atoms with van der Waals surface area (Å²) >= 11 is 0. The first-order valence-electron chi connectivity index (χ1n) is 8.51. The van der Waals surface area contributed by atoms with Gasteiger partial charge in [-0.25, -0.2) is 4.79 Å². The third kappa shape index (κ3) is 5.13. The van der Waals surface area contributed by atoms with E-state index in [0.29, 0.717) is 17.5 Å². The number of nitrogens with one attached hydrogen (secondary N) is 1. The van der Waals surface area contributed by atoms with Gasteiger partial charge in [0, 0.05) is 0 Å². The summed E-state index contributed by atoms with van der Waals surface area (Å²) in [5, 5.41) is 2.92. The van der Waals surface area contributed by atoms with Crippen LogP contribution in [-0.2, 0) is 17.5 Å². The van der Waals surface area contributed by atoms with E-state index in [1.54, 1.807) is 24.3 Å². The molecular formula is C19H16F3N5O3. The summed E-state index contributed by atoms with van der Waals surface area (Å²) in [4.78, 5) is 24.0. The second kappa shape index (κ2) is 8.64. The van der Waals surface area contributed by atoms with E-state index in [9.17, 15) is 18.0 Å². The Hall–Kier alpha value is -3.89. The third-order valence-corrected chi connectivity index (χ3v) is 3.81. The van der Waals surface area contributed by atoms with Crippen LogP contribution in [0.15, 0.2) is 48.5 Å². The maximum atomic E-state index is 12.8. The second-order valence-corrected chi connectivity index (χ2v) is 5.91. The molecule has 0 amide bonds. The Morgan fingerprint density at radius 2 is 1.87 bits per heavy atom. The molecule has 3 rings (SSSR count). The molecule has 2 aromatic carbocycles. The van der Waals surface area contributed by atoms with E-state index in [2.05, 4.69) is 20.3 Å². The number of alkyl halides is 3. The number of rotatable bonds is 6. The Kier molecular flexibility index (Phi) is 6.00. The molecule has 8 nitrogen and oxygen atoms in total. The average molecular weight is 419 g/mol. The van der Waals surface area contributed by atoms with Gasteiger partial charge in [0.05, 0.1) is 23.9 Å². The zero-order valence-electron chi connectivity index (χ0n) is 15.6. The molecule has 3 N–H and O–H groups in total. The molecule has 3 aromatic rings. The normalized spacial score (nSPS) is 11.1. The van der Waals surface area contributed by atoms with Gasteiger partial charge in [0.15, 0.2) is 12.4 Å². The van der Waals surface area contributed by atoms with Crippen molar-refractivity contribution in [1.82, 2.24) is 15.0 Å². The molecule has 0 aliphatic rings. The predicted molar refractivity (Wildman–Crippen MR) is 101 cm³/mol. The molecule has 1 heterocycles. The van der Waals surface area contributed by atoms with Gasteiger partial charge in [-0.15, -0.1) is 0 Å². The molecule has 0 aliphatic heterocycles. The number of carbonyl (C=O) groups is 1. The highest BCUT2D eigenvalue weighted by Crippen LogP contribution is 2.30. The van der Waals surface area contributed by atoms with E-state index in [1.807, 2.05) is 0 Å². The highest BCUT2D eigenvalue weighted by molar-refractivity contribution is 5.89. The fraction of sp³-hybridized carbons (Fsp3) is 0.158. The number of anilines is 3. The van der Waals surface area contributed by atoms with Crippen molar-refractivity contribution in [3.63, 3.8) is 0 Å². The number of nitrogens with zero attached hydrogens (tertiary/aromatic N) is 3. The van der Waals surface area contributed by atoms with Gasteiger partial charge in [-0.1, -0.05) is 18.2 Å². The number of hydrogen-bond acceptors (Lipinski definition) is 8. The number of nitrogens with two attached hydrogens (primary N) is 1. The number of hydrogen-bond donors (Lipinski definition) is 2. The summed E-state index contributed by atoms with van der Waals surface area (Å²) < 4.78 is 48.6. The van der Waals surface area contributed by atoms with Crippen molar-refractivity contribution in [2.45, 2.75) is 12.8 Å². The lowest BCUT2D eigenvalue weighted by molar-refractivity contribution is -0.137. The summed E-state index contributed by atoms with van der Waals surface area (Å²) in [5.41, 5.74) is 5.03. The van der Waals surface area contributed by atoms with Crippen molar-refractivity contribution in [1.29, 1.82) is 0 Å². The van der Waals surface area contributed by atoms with Gasteiger partial charge in [0.25, 0.3) is 0 Å². The Morgan fingerprint density at radius 1 is 1.10 bits per heavy atom. The Balaban J connectivity index is 1.72. The van der Waals surface area contributed by atoms with Crippen molar-refractivity contribution >= 4 is 23.6 Å². The lowest BCUT2D eigenvalue weighted by Crippen LogP contribution is -2.12. The molecule has 0 saturated heterocycles. The topological polar surface area (TPSA) is 112 Å². The minimum absolute atomic E-state index is 0.0141. The number of methoxy groups -OCH3 is 1. The summed E-state index contributed by atoms with van der Waals surface area (Å²) in [6.45, 7) is -0.414. The number of carbonyl (C=O) groups excluding carboxylic acids is 1. The lowest BCUT2D eigenvalue weighted by atomic mass is 10.1. The van der Waals surface area contributed by atoms with E-state index >= 15 is 0 Å². The highest BCUT2D eigenvalue weighted by Gasteiger charge is 2.31. The minimum atomic E-state index is -4.57. The summed E-state index contributed by atoms with van der Waals surface area (Å²) in [6, 6.07) is 10.9. The first-order chi connectivity index (χ1) is 14.3. The van der Waals surface area contributed by atoms with Crippen molar-refractivity contribution in [3.05, 3.63) is 65.5 Å². The summed E-state index contributed by atoms with van der Waals surface area (Å²) in [7, 11) is 1.50.